The van der Waals surface area contributed by atoms with Gasteiger partial charge in [0.05, 0.1) is 12.8 Å². The molecule has 3 N–H and O–H groups in total. The van der Waals surface area contributed by atoms with Crippen molar-refractivity contribution in [3.63, 3.8) is 0 Å². The number of carbonyl (C=O) groups is 1. The first-order valence-corrected chi connectivity index (χ1v) is 9.05. The molecule has 3 rings (SSSR count). The first-order chi connectivity index (χ1) is 13.2. The molecular weight excluding hydrogens is 364 g/mol. The van der Waals surface area contributed by atoms with Crippen LogP contribution >= 0.6 is 11.3 Å². The number of hydrazone groups is 1. The van der Waals surface area contributed by atoms with Crippen LogP contribution in [0.2, 0.25) is 0 Å². The molecule has 8 heteroatoms. The fourth-order valence-electron chi connectivity index (χ4n) is 2.23. The molecule has 0 bridgehead atoms. The highest BCUT2D eigenvalue weighted by Gasteiger charge is 2.15. The van der Waals surface area contributed by atoms with Gasteiger partial charge >= 0.3 is 6.09 Å². The summed E-state index contributed by atoms with van der Waals surface area (Å²) in [6.07, 6.45) is 1.08. The number of aromatic nitrogens is 1. The van der Waals surface area contributed by atoms with E-state index in [9.17, 15) is 9.90 Å². The summed E-state index contributed by atoms with van der Waals surface area (Å²) in [6.45, 7) is 2.03. The second-order valence-electron chi connectivity index (χ2n) is 5.37. The molecule has 0 atom stereocenters. The van der Waals surface area contributed by atoms with Crippen molar-refractivity contribution in [2.75, 3.05) is 17.3 Å². The van der Waals surface area contributed by atoms with Crippen LogP contribution in [-0.4, -0.2) is 29.0 Å². The maximum atomic E-state index is 11.8. The van der Waals surface area contributed by atoms with E-state index >= 15 is 0 Å². The van der Waals surface area contributed by atoms with Crippen LogP contribution in [0.5, 0.6) is 5.75 Å². The van der Waals surface area contributed by atoms with E-state index in [0.29, 0.717) is 15.8 Å². The monoisotopic (exact) mass is 382 g/mol. The van der Waals surface area contributed by atoms with Gasteiger partial charge in [-0.3, -0.25) is 10.7 Å². The summed E-state index contributed by atoms with van der Waals surface area (Å²) >= 11 is 1.26. The largest absolute Gasteiger partial charge is 0.508 e. The Kier molecular flexibility index (Phi) is 6.01. The van der Waals surface area contributed by atoms with Crippen LogP contribution < -0.4 is 10.7 Å². The Hall–Kier alpha value is -3.39. The van der Waals surface area contributed by atoms with Gasteiger partial charge in [-0.05, 0) is 36.8 Å². The van der Waals surface area contributed by atoms with Gasteiger partial charge in [0.25, 0.3) is 0 Å². The van der Waals surface area contributed by atoms with Gasteiger partial charge in [0.2, 0.25) is 5.13 Å². The van der Waals surface area contributed by atoms with Crippen molar-refractivity contribution in [1.29, 1.82) is 0 Å². The first kappa shape index (κ1) is 18.4. The zero-order chi connectivity index (χ0) is 19.1. The molecule has 2 aromatic carbocycles. The number of nitrogens with one attached hydrogen (secondary N) is 2. The zero-order valence-electron chi connectivity index (χ0n) is 14.5. The molecule has 27 heavy (non-hydrogen) atoms. The minimum atomic E-state index is -0.530. The highest BCUT2D eigenvalue weighted by molar-refractivity contribution is 7.20. The smallest absolute Gasteiger partial charge is 0.412 e. The fraction of sp³-hybridized carbons (Fsp3) is 0.105. The molecule has 0 saturated carbocycles. The number of anilines is 2. The second-order valence-corrected chi connectivity index (χ2v) is 6.37. The van der Waals surface area contributed by atoms with E-state index in [2.05, 4.69) is 20.8 Å². The molecule has 0 radical (unpaired) electrons. The van der Waals surface area contributed by atoms with Crippen LogP contribution in [0.25, 0.3) is 11.3 Å². The SMILES string of the molecule is CCOC(=O)Nc1sc(N/N=C/c2ccc(O)cc2)nc1-c1ccccc1. The Morgan fingerprint density at radius 2 is 1.96 bits per heavy atom. The minimum absolute atomic E-state index is 0.196. The molecule has 1 heterocycles. The van der Waals surface area contributed by atoms with Gasteiger partial charge in [-0.25, -0.2) is 9.78 Å². The lowest BCUT2D eigenvalue weighted by Gasteiger charge is -2.04. The molecule has 1 aromatic heterocycles. The molecular formula is C19H18N4O3S. The van der Waals surface area contributed by atoms with Crippen LogP contribution in [-0.2, 0) is 4.74 Å². The maximum absolute atomic E-state index is 11.8. The predicted octanol–water partition coefficient (Wildman–Crippen LogP) is 4.53. The summed E-state index contributed by atoms with van der Waals surface area (Å²) in [7, 11) is 0. The van der Waals surface area contributed by atoms with Crippen molar-refractivity contribution in [1.82, 2.24) is 4.98 Å². The van der Waals surface area contributed by atoms with Crippen molar-refractivity contribution < 1.29 is 14.6 Å². The number of amides is 1. The second kappa shape index (κ2) is 8.81. The van der Waals surface area contributed by atoms with Crippen molar-refractivity contribution in [2.24, 2.45) is 5.10 Å². The Morgan fingerprint density at radius 3 is 2.67 bits per heavy atom. The van der Waals surface area contributed by atoms with Gasteiger partial charge in [0, 0.05) is 5.56 Å². The summed E-state index contributed by atoms with van der Waals surface area (Å²) < 4.78 is 4.95. The molecule has 1 amide bonds. The van der Waals surface area contributed by atoms with E-state index in [-0.39, 0.29) is 12.4 Å². The van der Waals surface area contributed by atoms with Gasteiger partial charge in [0.15, 0.2) is 0 Å². The highest BCUT2D eigenvalue weighted by Crippen LogP contribution is 2.35. The van der Waals surface area contributed by atoms with Crippen LogP contribution in [0.4, 0.5) is 14.9 Å². The fourth-order valence-corrected chi connectivity index (χ4v) is 3.05. The molecule has 0 aliphatic rings. The number of ether oxygens (including phenoxy) is 1. The molecule has 0 fully saturated rings. The number of rotatable bonds is 6. The van der Waals surface area contributed by atoms with Gasteiger partial charge in [-0.15, -0.1) is 0 Å². The third-order valence-corrected chi connectivity index (χ3v) is 4.31. The summed E-state index contributed by atoms with van der Waals surface area (Å²) in [5.74, 6) is 0.196. The van der Waals surface area contributed by atoms with Gasteiger partial charge in [-0.1, -0.05) is 41.7 Å². The number of phenolic OH excluding ortho intramolecular Hbond substituents is 1. The van der Waals surface area contributed by atoms with E-state index in [4.69, 9.17) is 4.74 Å². The Bertz CT molecular complexity index is 924. The lowest BCUT2D eigenvalue weighted by molar-refractivity contribution is 0.168. The topological polar surface area (TPSA) is 95.8 Å². The van der Waals surface area contributed by atoms with Gasteiger partial charge < -0.3 is 9.84 Å². The third kappa shape index (κ3) is 5.05. The van der Waals surface area contributed by atoms with Crippen molar-refractivity contribution in [3.05, 3.63) is 60.2 Å². The average molecular weight is 382 g/mol. The highest BCUT2D eigenvalue weighted by atomic mass is 32.1. The zero-order valence-corrected chi connectivity index (χ0v) is 15.4. The van der Waals surface area contributed by atoms with E-state index in [1.54, 1.807) is 37.4 Å². The quantitative estimate of drug-likeness (QED) is 0.430. The Balaban J connectivity index is 1.80. The number of thiazole rings is 1. The Labute approximate surface area is 160 Å². The standard InChI is InChI=1S/C19H18N4O3S/c1-2-26-19(25)22-17-16(14-6-4-3-5-7-14)21-18(27-17)23-20-12-13-8-10-15(24)11-9-13/h3-12,24H,2H2,1H3,(H,21,23)(H,22,25)/b20-12+. The summed E-state index contributed by atoms with van der Waals surface area (Å²) in [6, 6.07) is 16.2. The maximum Gasteiger partial charge on any atom is 0.412 e. The van der Waals surface area contributed by atoms with Crippen LogP contribution in [0.1, 0.15) is 12.5 Å². The predicted molar refractivity (Wildman–Crippen MR) is 108 cm³/mol. The van der Waals surface area contributed by atoms with E-state index in [1.807, 2.05) is 30.3 Å². The van der Waals surface area contributed by atoms with E-state index in [0.717, 1.165) is 11.1 Å². The number of hydrogen-bond donors (Lipinski definition) is 3. The Morgan fingerprint density at radius 1 is 1.22 bits per heavy atom. The third-order valence-electron chi connectivity index (χ3n) is 3.43. The van der Waals surface area contributed by atoms with Crippen LogP contribution in [0.15, 0.2) is 59.7 Å². The summed E-state index contributed by atoms with van der Waals surface area (Å²) in [5.41, 5.74) is 5.20. The number of hydrogen-bond acceptors (Lipinski definition) is 7. The molecule has 0 aliphatic heterocycles. The summed E-state index contributed by atoms with van der Waals surface area (Å²) in [4.78, 5) is 16.3. The molecule has 7 nitrogen and oxygen atoms in total. The number of nitrogens with zero attached hydrogens (tertiary/aromatic N) is 2. The summed E-state index contributed by atoms with van der Waals surface area (Å²) in [5, 5.41) is 17.3. The lowest BCUT2D eigenvalue weighted by Crippen LogP contribution is -2.12. The molecule has 0 saturated heterocycles. The van der Waals surface area contributed by atoms with Crippen molar-refractivity contribution in [2.45, 2.75) is 6.92 Å². The van der Waals surface area contributed by atoms with Crippen LogP contribution in [0.3, 0.4) is 0 Å². The number of aromatic hydroxyl groups is 1. The average Bonchev–Trinajstić information content (AvgIpc) is 3.07. The lowest BCUT2D eigenvalue weighted by atomic mass is 10.2. The molecule has 0 spiro atoms. The normalized spacial score (nSPS) is 10.7. The van der Waals surface area contributed by atoms with Gasteiger partial charge in [0.1, 0.15) is 16.4 Å². The molecule has 3 aromatic rings. The van der Waals surface area contributed by atoms with Gasteiger partial charge in [-0.2, -0.15) is 5.10 Å². The number of phenols is 1. The van der Waals surface area contributed by atoms with Crippen LogP contribution in [0, 0.1) is 0 Å². The molecule has 138 valence electrons. The minimum Gasteiger partial charge on any atom is -0.508 e. The van der Waals surface area contributed by atoms with E-state index in [1.165, 1.54) is 11.3 Å². The molecule has 0 aliphatic carbocycles. The first-order valence-electron chi connectivity index (χ1n) is 8.24. The van der Waals surface area contributed by atoms with Crippen molar-refractivity contribution in [3.8, 4) is 17.0 Å². The number of benzene rings is 2. The van der Waals surface area contributed by atoms with Crippen molar-refractivity contribution >= 4 is 33.8 Å². The number of carbonyl (C=O) groups excluding carboxylic acids is 1. The molecule has 0 unspecified atom stereocenters. The van der Waals surface area contributed by atoms with E-state index < -0.39 is 6.09 Å².